The van der Waals surface area contributed by atoms with Crippen LogP contribution in [0.4, 0.5) is 5.69 Å². The van der Waals surface area contributed by atoms with Gasteiger partial charge in [-0.15, -0.1) is 0 Å². The van der Waals surface area contributed by atoms with Crippen molar-refractivity contribution in [3.63, 3.8) is 0 Å². The maximum atomic E-state index is 12.7. The number of imidazole rings is 1. The second-order valence-corrected chi connectivity index (χ2v) is 6.59. The van der Waals surface area contributed by atoms with E-state index in [0.29, 0.717) is 35.2 Å². The van der Waals surface area contributed by atoms with E-state index < -0.39 is 0 Å². The molecule has 0 radical (unpaired) electrons. The van der Waals surface area contributed by atoms with Gasteiger partial charge < -0.3 is 14.6 Å². The predicted octanol–water partition coefficient (Wildman–Crippen LogP) is 1.47. The van der Waals surface area contributed by atoms with Gasteiger partial charge in [0.1, 0.15) is 12.4 Å². The van der Waals surface area contributed by atoms with Gasteiger partial charge in [0.15, 0.2) is 16.3 Å². The number of amides is 1. The summed E-state index contributed by atoms with van der Waals surface area (Å²) >= 11 is 1.18. The van der Waals surface area contributed by atoms with Gasteiger partial charge in [-0.2, -0.15) is 0 Å². The minimum Gasteiger partial charge on any atom is -0.490 e. The molecular weight excluding hydrogens is 342 g/mol. The number of rotatable bonds is 3. The monoisotopic (exact) mass is 357 g/mol. The third-order valence-electron chi connectivity index (χ3n) is 3.89. The highest BCUT2D eigenvalue weighted by atomic mass is 32.2. The molecule has 0 spiro atoms. The zero-order valence-corrected chi connectivity index (χ0v) is 14.2. The van der Waals surface area contributed by atoms with Crippen molar-refractivity contribution in [2.24, 2.45) is 0 Å². The fourth-order valence-corrected chi connectivity index (χ4v) is 3.42. The van der Waals surface area contributed by atoms with Crippen molar-refractivity contribution in [3.05, 3.63) is 40.4 Å². The molecule has 0 fully saturated rings. The van der Waals surface area contributed by atoms with E-state index in [1.54, 1.807) is 4.90 Å². The van der Waals surface area contributed by atoms with Crippen LogP contribution in [0.1, 0.15) is 5.56 Å². The van der Waals surface area contributed by atoms with E-state index in [9.17, 15) is 9.59 Å². The summed E-state index contributed by atoms with van der Waals surface area (Å²) in [6.07, 6.45) is 1.42. The van der Waals surface area contributed by atoms with E-state index in [-0.39, 0.29) is 17.2 Å². The Morgan fingerprint density at radius 1 is 1.44 bits per heavy atom. The summed E-state index contributed by atoms with van der Waals surface area (Å²) in [5, 5.41) is 0.371. The Morgan fingerprint density at radius 2 is 2.32 bits per heavy atom. The Morgan fingerprint density at radius 3 is 3.20 bits per heavy atom. The molecule has 1 aromatic carbocycles. The fourth-order valence-electron chi connectivity index (χ4n) is 2.69. The van der Waals surface area contributed by atoms with Crippen LogP contribution in [0, 0.1) is 6.92 Å². The van der Waals surface area contributed by atoms with E-state index in [2.05, 4.69) is 19.9 Å². The number of benzene rings is 1. The van der Waals surface area contributed by atoms with Crippen LogP contribution >= 0.6 is 11.8 Å². The van der Waals surface area contributed by atoms with Crippen LogP contribution in [0.2, 0.25) is 0 Å². The summed E-state index contributed by atoms with van der Waals surface area (Å²) in [7, 11) is 0. The molecule has 8 nitrogen and oxygen atoms in total. The van der Waals surface area contributed by atoms with Crippen LogP contribution in [0.5, 0.6) is 5.75 Å². The Kier molecular flexibility index (Phi) is 3.92. The van der Waals surface area contributed by atoms with Crippen LogP contribution in [0.15, 0.2) is 34.5 Å². The zero-order valence-electron chi connectivity index (χ0n) is 13.4. The summed E-state index contributed by atoms with van der Waals surface area (Å²) in [4.78, 5) is 39.9. The Balaban J connectivity index is 1.53. The molecule has 2 N–H and O–H groups in total. The highest BCUT2D eigenvalue weighted by molar-refractivity contribution is 7.99. The smallest absolute Gasteiger partial charge is 0.277 e. The molecule has 0 saturated heterocycles. The van der Waals surface area contributed by atoms with Gasteiger partial charge in [0, 0.05) is 0 Å². The van der Waals surface area contributed by atoms with Gasteiger partial charge in [-0.25, -0.2) is 9.97 Å². The van der Waals surface area contributed by atoms with Gasteiger partial charge in [0.2, 0.25) is 5.91 Å². The second kappa shape index (κ2) is 6.25. The third-order valence-corrected chi connectivity index (χ3v) is 4.74. The molecule has 3 heterocycles. The lowest BCUT2D eigenvalue weighted by Crippen LogP contribution is -2.39. The number of ether oxygens (including phenoxy) is 1. The number of carbonyl (C=O) groups is 1. The standard InChI is InChI=1S/C16H15N5O3S/c1-9-2-3-11-10(6-9)21(4-5-24-11)12(22)7-25-16-19-14-13(15(23)20-16)17-8-18-14/h2-3,6,8H,4-5,7H2,1H3,(H2,17,18,19,20,23). The Labute approximate surface area is 146 Å². The lowest BCUT2D eigenvalue weighted by atomic mass is 10.1. The summed E-state index contributed by atoms with van der Waals surface area (Å²) in [5.41, 5.74) is 2.20. The van der Waals surface area contributed by atoms with Crippen LogP contribution < -0.4 is 15.2 Å². The minimum absolute atomic E-state index is 0.0649. The zero-order chi connectivity index (χ0) is 17.4. The average molecular weight is 357 g/mol. The lowest BCUT2D eigenvalue weighted by Gasteiger charge is -2.29. The molecule has 2 aromatic heterocycles. The van der Waals surface area contributed by atoms with Gasteiger partial charge in [-0.1, -0.05) is 17.8 Å². The number of aryl methyl sites for hydroxylation is 1. The molecule has 0 unspecified atom stereocenters. The van der Waals surface area contributed by atoms with Crippen LogP contribution in [0.3, 0.4) is 0 Å². The number of thioether (sulfide) groups is 1. The number of aromatic nitrogens is 4. The summed E-state index contributed by atoms with van der Waals surface area (Å²) in [6, 6.07) is 5.77. The van der Waals surface area contributed by atoms with Crippen LogP contribution in [0.25, 0.3) is 11.2 Å². The van der Waals surface area contributed by atoms with Gasteiger partial charge in [-0.3, -0.25) is 14.6 Å². The number of nitrogens with one attached hydrogen (secondary N) is 2. The summed E-state index contributed by atoms with van der Waals surface area (Å²) in [6.45, 7) is 2.93. The first-order valence-electron chi connectivity index (χ1n) is 7.72. The average Bonchev–Trinajstić information content (AvgIpc) is 3.08. The van der Waals surface area contributed by atoms with Crippen molar-refractivity contribution < 1.29 is 9.53 Å². The van der Waals surface area contributed by atoms with Crippen molar-refractivity contribution in [2.75, 3.05) is 23.8 Å². The molecule has 9 heteroatoms. The van der Waals surface area contributed by atoms with Crippen molar-refractivity contribution in [1.29, 1.82) is 0 Å². The van der Waals surface area contributed by atoms with Crippen molar-refractivity contribution in [2.45, 2.75) is 12.1 Å². The maximum absolute atomic E-state index is 12.7. The number of H-pyrrole nitrogens is 2. The van der Waals surface area contributed by atoms with Crippen LogP contribution in [-0.2, 0) is 4.79 Å². The second-order valence-electron chi connectivity index (χ2n) is 5.63. The molecule has 0 aliphatic carbocycles. The molecule has 0 atom stereocenters. The summed E-state index contributed by atoms with van der Waals surface area (Å²) < 4.78 is 5.60. The fraction of sp³-hybridized carbons (Fsp3) is 0.250. The van der Waals surface area contributed by atoms with Crippen molar-refractivity contribution in [1.82, 2.24) is 19.9 Å². The van der Waals surface area contributed by atoms with Gasteiger partial charge in [0.05, 0.1) is 24.3 Å². The first-order valence-corrected chi connectivity index (χ1v) is 8.70. The number of anilines is 1. The lowest BCUT2D eigenvalue weighted by molar-refractivity contribution is -0.116. The number of fused-ring (bicyclic) bond motifs is 2. The third kappa shape index (κ3) is 2.98. The van der Waals surface area contributed by atoms with E-state index >= 15 is 0 Å². The Hall–Kier alpha value is -2.81. The molecule has 25 heavy (non-hydrogen) atoms. The summed E-state index contributed by atoms with van der Waals surface area (Å²) in [5.74, 6) is 0.802. The Bertz CT molecular complexity index is 1010. The number of aromatic amines is 2. The number of nitrogens with zero attached hydrogens (tertiary/aromatic N) is 3. The highest BCUT2D eigenvalue weighted by Gasteiger charge is 2.24. The van der Waals surface area contributed by atoms with Gasteiger partial charge in [-0.05, 0) is 24.6 Å². The van der Waals surface area contributed by atoms with E-state index in [4.69, 9.17) is 4.74 Å². The number of carbonyl (C=O) groups excluding carboxylic acids is 1. The first-order chi connectivity index (χ1) is 12.1. The SMILES string of the molecule is Cc1ccc2c(c1)N(C(=O)CSc1nc3nc[nH]c3c(=O)[nH]1)CCO2. The predicted molar refractivity (Wildman–Crippen MR) is 94.3 cm³/mol. The molecule has 0 bridgehead atoms. The maximum Gasteiger partial charge on any atom is 0.277 e. The molecule has 0 saturated carbocycles. The number of hydrogen-bond acceptors (Lipinski definition) is 6. The largest absolute Gasteiger partial charge is 0.490 e. The highest BCUT2D eigenvalue weighted by Crippen LogP contribution is 2.33. The topological polar surface area (TPSA) is 104 Å². The molecule has 3 aromatic rings. The van der Waals surface area contributed by atoms with E-state index in [1.807, 2.05) is 25.1 Å². The van der Waals surface area contributed by atoms with E-state index in [1.165, 1.54) is 18.1 Å². The van der Waals surface area contributed by atoms with Crippen LogP contribution in [-0.4, -0.2) is 44.7 Å². The number of hydrogen-bond donors (Lipinski definition) is 2. The van der Waals surface area contributed by atoms with Crippen molar-refractivity contribution in [3.8, 4) is 5.75 Å². The molecule has 4 rings (SSSR count). The molecular formula is C16H15N5O3S. The molecule has 1 aliphatic heterocycles. The quantitative estimate of drug-likeness (QED) is 0.543. The minimum atomic E-state index is -0.301. The molecule has 128 valence electrons. The molecule has 1 aliphatic rings. The molecule has 1 amide bonds. The van der Waals surface area contributed by atoms with Gasteiger partial charge in [0.25, 0.3) is 5.56 Å². The van der Waals surface area contributed by atoms with Crippen molar-refractivity contribution >= 4 is 34.5 Å². The van der Waals surface area contributed by atoms with E-state index in [0.717, 1.165) is 11.3 Å². The first kappa shape index (κ1) is 15.7. The van der Waals surface area contributed by atoms with Gasteiger partial charge >= 0.3 is 0 Å². The normalized spacial score (nSPS) is 13.6.